The minimum Gasteiger partial charge on any atom is -0.299 e. The van der Waals surface area contributed by atoms with Crippen molar-refractivity contribution in [1.82, 2.24) is 9.97 Å². The summed E-state index contributed by atoms with van der Waals surface area (Å²) >= 11 is 2.67. The molecule has 0 saturated heterocycles. The van der Waals surface area contributed by atoms with E-state index in [1.54, 1.807) is 19.2 Å². The normalized spacial score (nSPS) is 10.9. The molecule has 0 unspecified atom stereocenters. The van der Waals surface area contributed by atoms with Gasteiger partial charge < -0.3 is 0 Å². The first kappa shape index (κ1) is 19.4. The van der Waals surface area contributed by atoms with Crippen LogP contribution < -0.4 is 4.90 Å². The monoisotopic (exact) mass is 427 g/mol. The van der Waals surface area contributed by atoms with Gasteiger partial charge in [-0.25, -0.2) is 13.8 Å². The molecule has 4 rings (SSSR count). The molecule has 0 spiro atoms. The summed E-state index contributed by atoms with van der Waals surface area (Å²) in [6, 6.07) is 12.4. The minimum absolute atomic E-state index is 0.0250. The lowest BCUT2D eigenvalue weighted by Gasteiger charge is -2.22. The first-order chi connectivity index (χ1) is 14.0. The van der Waals surface area contributed by atoms with Crippen LogP contribution in [0.5, 0.6) is 0 Å². The molecule has 0 atom stereocenters. The second-order valence-corrected chi connectivity index (χ2v) is 8.25. The fraction of sp³-hybridized carbons (Fsp3) is 0.0952. The molecule has 1 aromatic carbocycles. The zero-order valence-electron chi connectivity index (χ0n) is 15.3. The van der Waals surface area contributed by atoms with Crippen LogP contribution in [0.15, 0.2) is 60.1 Å². The number of rotatable bonds is 5. The lowest BCUT2D eigenvalue weighted by molar-refractivity contribution is 0.0987. The summed E-state index contributed by atoms with van der Waals surface area (Å²) in [6.07, 6.45) is 1.66. The van der Waals surface area contributed by atoms with Gasteiger partial charge in [0.15, 0.2) is 0 Å². The third-order valence-corrected chi connectivity index (χ3v) is 6.24. The van der Waals surface area contributed by atoms with Gasteiger partial charge in [0.1, 0.15) is 21.5 Å². The molecular formula is C21H15F2N3OS2. The van der Waals surface area contributed by atoms with E-state index < -0.39 is 11.6 Å². The van der Waals surface area contributed by atoms with Gasteiger partial charge in [0.05, 0.1) is 23.6 Å². The molecule has 8 heteroatoms. The van der Waals surface area contributed by atoms with Crippen LogP contribution in [-0.4, -0.2) is 15.9 Å². The van der Waals surface area contributed by atoms with Crippen molar-refractivity contribution in [3.8, 4) is 10.7 Å². The lowest BCUT2D eigenvalue weighted by atomic mass is 10.2. The van der Waals surface area contributed by atoms with Gasteiger partial charge in [0, 0.05) is 17.1 Å². The largest absolute Gasteiger partial charge is 0.299 e. The standard InChI is InChI=1S/C21H15F2N3OS2/c1-13-19(29-20(25-13)17-6-2-3-9-24-17)21(27)26(12-15-5-4-10-28-15)18-8-7-14(22)11-16(18)23/h2-11H,12H2,1H3. The Balaban J connectivity index is 1.74. The van der Waals surface area contributed by atoms with Crippen LogP contribution >= 0.6 is 22.7 Å². The molecule has 0 aliphatic rings. The van der Waals surface area contributed by atoms with Crippen LogP contribution in [0.25, 0.3) is 10.7 Å². The third-order valence-electron chi connectivity index (χ3n) is 4.21. The SMILES string of the molecule is Cc1nc(-c2ccccn2)sc1C(=O)N(Cc1cccs1)c1ccc(F)cc1F. The smallest absolute Gasteiger partial charge is 0.270 e. The predicted molar refractivity (Wildman–Crippen MR) is 111 cm³/mol. The number of aryl methyl sites for hydroxylation is 1. The van der Waals surface area contributed by atoms with E-state index in [0.717, 1.165) is 17.0 Å². The number of carbonyl (C=O) groups excluding carboxylic acids is 1. The third kappa shape index (κ3) is 4.08. The van der Waals surface area contributed by atoms with Crippen molar-refractivity contribution in [1.29, 1.82) is 0 Å². The minimum atomic E-state index is -0.790. The number of benzene rings is 1. The molecule has 3 aromatic heterocycles. The van der Waals surface area contributed by atoms with Gasteiger partial charge in [-0.15, -0.1) is 22.7 Å². The number of hydrogen-bond donors (Lipinski definition) is 0. The zero-order chi connectivity index (χ0) is 20.4. The van der Waals surface area contributed by atoms with Crippen LogP contribution in [0.3, 0.4) is 0 Å². The number of carbonyl (C=O) groups is 1. The highest BCUT2D eigenvalue weighted by Gasteiger charge is 2.26. The topological polar surface area (TPSA) is 46.1 Å². The fourth-order valence-electron chi connectivity index (χ4n) is 2.84. The molecule has 3 heterocycles. The second-order valence-electron chi connectivity index (χ2n) is 6.21. The summed E-state index contributed by atoms with van der Waals surface area (Å²) in [7, 11) is 0. The van der Waals surface area contributed by atoms with Crippen molar-refractivity contribution in [2.24, 2.45) is 0 Å². The van der Waals surface area contributed by atoms with E-state index in [-0.39, 0.29) is 18.1 Å². The predicted octanol–water partition coefficient (Wildman–Crippen LogP) is 5.70. The quantitative estimate of drug-likeness (QED) is 0.410. The Morgan fingerprint density at radius 2 is 2.00 bits per heavy atom. The fourth-order valence-corrected chi connectivity index (χ4v) is 4.53. The maximum absolute atomic E-state index is 14.5. The molecule has 29 heavy (non-hydrogen) atoms. The average Bonchev–Trinajstić information content (AvgIpc) is 3.36. The number of thiazole rings is 1. The number of pyridine rings is 1. The average molecular weight is 428 g/mol. The first-order valence-electron chi connectivity index (χ1n) is 8.71. The number of nitrogens with zero attached hydrogens (tertiary/aromatic N) is 3. The molecule has 0 fully saturated rings. The summed E-state index contributed by atoms with van der Waals surface area (Å²) in [6.45, 7) is 1.91. The van der Waals surface area contributed by atoms with Gasteiger partial charge in [-0.05, 0) is 42.6 Å². The number of halogens is 2. The lowest BCUT2D eigenvalue weighted by Crippen LogP contribution is -2.30. The Kier molecular flexibility index (Phi) is 5.46. The highest BCUT2D eigenvalue weighted by molar-refractivity contribution is 7.17. The van der Waals surface area contributed by atoms with Gasteiger partial charge in [-0.2, -0.15) is 0 Å². The molecule has 4 nitrogen and oxygen atoms in total. The first-order valence-corrected chi connectivity index (χ1v) is 10.4. The van der Waals surface area contributed by atoms with Gasteiger partial charge in [-0.1, -0.05) is 12.1 Å². The summed E-state index contributed by atoms with van der Waals surface area (Å²) in [5.41, 5.74) is 1.23. The van der Waals surface area contributed by atoms with Gasteiger partial charge >= 0.3 is 0 Å². The summed E-state index contributed by atoms with van der Waals surface area (Å²) < 4.78 is 27.9. The molecular weight excluding hydrogens is 412 g/mol. The van der Waals surface area contributed by atoms with Crippen LogP contribution in [0.4, 0.5) is 14.5 Å². The highest BCUT2D eigenvalue weighted by atomic mass is 32.1. The maximum atomic E-state index is 14.5. The Morgan fingerprint density at radius 1 is 1.14 bits per heavy atom. The van der Waals surface area contributed by atoms with Gasteiger partial charge in [0.2, 0.25) is 0 Å². The van der Waals surface area contributed by atoms with Gasteiger partial charge in [-0.3, -0.25) is 14.7 Å². The van der Waals surface area contributed by atoms with Gasteiger partial charge in [0.25, 0.3) is 5.91 Å². The van der Waals surface area contributed by atoms with Crippen molar-refractivity contribution in [3.05, 3.63) is 87.2 Å². The number of anilines is 1. The van der Waals surface area contributed by atoms with E-state index in [9.17, 15) is 13.6 Å². The number of amides is 1. The van der Waals surface area contributed by atoms with Crippen molar-refractivity contribution in [3.63, 3.8) is 0 Å². The van der Waals surface area contributed by atoms with Crippen molar-refractivity contribution in [2.75, 3.05) is 4.90 Å². The van der Waals surface area contributed by atoms with E-state index in [0.29, 0.717) is 21.3 Å². The highest BCUT2D eigenvalue weighted by Crippen LogP contribution is 2.31. The van der Waals surface area contributed by atoms with Crippen LogP contribution in [-0.2, 0) is 6.54 Å². The second kappa shape index (κ2) is 8.18. The summed E-state index contributed by atoms with van der Waals surface area (Å²) in [4.78, 5) is 24.7. The van der Waals surface area contributed by atoms with E-state index >= 15 is 0 Å². The molecule has 4 aromatic rings. The number of thiophene rings is 1. The van der Waals surface area contributed by atoms with Crippen molar-refractivity contribution in [2.45, 2.75) is 13.5 Å². The van der Waals surface area contributed by atoms with Crippen molar-refractivity contribution < 1.29 is 13.6 Å². The maximum Gasteiger partial charge on any atom is 0.270 e. The Labute approximate surface area is 174 Å². The number of hydrogen-bond acceptors (Lipinski definition) is 5. The van der Waals surface area contributed by atoms with Crippen LogP contribution in [0.1, 0.15) is 20.2 Å². The summed E-state index contributed by atoms with van der Waals surface area (Å²) in [5.74, 6) is -1.87. The molecule has 0 aliphatic carbocycles. The van der Waals surface area contributed by atoms with Crippen molar-refractivity contribution >= 4 is 34.3 Å². The summed E-state index contributed by atoms with van der Waals surface area (Å²) in [5, 5.41) is 2.50. The molecule has 0 aliphatic heterocycles. The van der Waals surface area contributed by atoms with Crippen LogP contribution in [0.2, 0.25) is 0 Å². The van der Waals surface area contributed by atoms with E-state index in [1.807, 2.05) is 29.6 Å². The Hall–Kier alpha value is -2.97. The molecule has 0 bridgehead atoms. The Bertz CT molecular complexity index is 1140. The Morgan fingerprint density at radius 3 is 2.69 bits per heavy atom. The molecule has 0 saturated carbocycles. The molecule has 146 valence electrons. The molecule has 0 N–H and O–H groups in total. The van der Waals surface area contributed by atoms with E-state index in [1.165, 1.54) is 33.6 Å². The number of aromatic nitrogens is 2. The molecule has 0 radical (unpaired) electrons. The van der Waals surface area contributed by atoms with E-state index in [2.05, 4.69) is 9.97 Å². The molecule has 1 amide bonds. The van der Waals surface area contributed by atoms with E-state index in [4.69, 9.17) is 0 Å². The van der Waals surface area contributed by atoms with Crippen LogP contribution in [0, 0.1) is 18.6 Å². The zero-order valence-corrected chi connectivity index (χ0v) is 16.9.